The molecule has 2 aliphatic heterocycles. The number of sulfone groups is 1. The van der Waals surface area contributed by atoms with E-state index in [0.717, 1.165) is 25.5 Å². The minimum absolute atomic E-state index is 0.0994. The molecule has 2 aliphatic rings. The van der Waals surface area contributed by atoms with Gasteiger partial charge in [0, 0.05) is 32.6 Å². The average molecular weight is 404 g/mol. The summed E-state index contributed by atoms with van der Waals surface area (Å²) >= 11 is 0. The van der Waals surface area contributed by atoms with Crippen molar-refractivity contribution in [1.29, 1.82) is 0 Å². The van der Waals surface area contributed by atoms with Crippen LogP contribution in [0.15, 0.2) is 29.2 Å². The predicted molar refractivity (Wildman–Crippen MR) is 95.1 cm³/mol. The molecule has 0 saturated carbocycles. The molecule has 27 heavy (non-hydrogen) atoms. The van der Waals surface area contributed by atoms with Gasteiger partial charge in [-0.15, -0.1) is 0 Å². The van der Waals surface area contributed by atoms with Gasteiger partial charge in [-0.3, -0.25) is 4.79 Å². The van der Waals surface area contributed by atoms with Crippen LogP contribution in [0.4, 0.5) is 18.9 Å². The van der Waals surface area contributed by atoms with Crippen LogP contribution in [0.1, 0.15) is 32.1 Å². The molecule has 0 aromatic heterocycles. The molecule has 0 bridgehead atoms. The zero-order valence-electron chi connectivity index (χ0n) is 14.9. The molecule has 0 N–H and O–H groups in total. The highest BCUT2D eigenvalue weighted by Gasteiger charge is 2.48. The number of nitrogens with zero attached hydrogens (tertiary/aromatic N) is 2. The van der Waals surface area contributed by atoms with Crippen LogP contribution >= 0.6 is 0 Å². The number of halogens is 3. The summed E-state index contributed by atoms with van der Waals surface area (Å²) in [6.07, 6.45) is 3.95. The minimum Gasteiger partial charge on any atom is -0.370 e. The molecular formula is C18H23F3N2O3S. The van der Waals surface area contributed by atoms with Gasteiger partial charge in [-0.05, 0) is 43.7 Å². The first-order valence-corrected chi connectivity index (χ1v) is 10.6. The first-order chi connectivity index (χ1) is 12.7. The lowest BCUT2D eigenvalue weighted by Crippen LogP contribution is -2.43. The average Bonchev–Trinajstić information content (AvgIpc) is 2.63. The van der Waals surface area contributed by atoms with Crippen LogP contribution in [-0.2, 0) is 14.6 Å². The molecule has 2 fully saturated rings. The zero-order valence-corrected chi connectivity index (χ0v) is 15.7. The van der Waals surface area contributed by atoms with Crippen molar-refractivity contribution in [3.8, 4) is 0 Å². The quantitative estimate of drug-likeness (QED) is 0.773. The number of carbonyl (C=O) groups excluding carboxylic acids is 1. The number of piperidine rings is 2. The molecule has 3 rings (SSSR count). The van der Waals surface area contributed by atoms with E-state index in [0.29, 0.717) is 38.9 Å². The Kier molecular flexibility index (Phi) is 5.69. The lowest BCUT2D eigenvalue weighted by atomic mass is 9.95. The van der Waals surface area contributed by atoms with E-state index in [1.54, 1.807) is 11.0 Å². The lowest BCUT2D eigenvalue weighted by Gasteiger charge is -2.37. The molecule has 0 atom stereocenters. The number of alkyl halides is 3. The largest absolute Gasteiger partial charge is 0.501 e. The zero-order chi connectivity index (χ0) is 19.7. The smallest absolute Gasteiger partial charge is 0.370 e. The molecule has 0 radical (unpaired) electrons. The normalized spacial score (nSPS) is 20.2. The summed E-state index contributed by atoms with van der Waals surface area (Å²) in [6.45, 7) is 2.38. The molecule has 2 heterocycles. The molecule has 1 aromatic rings. The summed E-state index contributed by atoms with van der Waals surface area (Å²) < 4.78 is 62.7. The number of likely N-dealkylation sites (tertiary alicyclic amines) is 1. The van der Waals surface area contributed by atoms with Crippen molar-refractivity contribution < 1.29 is 26.4 Å². The van der Waals surface area contributed by atoms with Crippen LogP contribution in [0.5, 0.6) is 0 Å². The minimum atomic E-state index is -5.39. The van der Waals surface area contributed by atoms with Crippen molar-refractivity contribution in [2.75, 3.05) is 31.1 Å². The molecular weight excluding hydrogens is 381 g/mol. The Hall–Kier alpha value is -1.77. The number of rotatable bonds is 4. The maximum Gasteiger partial charge on any atom is 0.501 e. The van der Waals surface area contributed by atoms with Gasteiger partial charge in [0.25, 0.3) is 9.84 Å². The molecule has 2 saturated heterocycles. The van der Waals surface area contributed by atoms with Gasteiger partial charge in [0.2, 0.25) is 5.91 Å². The Bertz CT molecular complexity index is 787. The van der Waals surface area contributed by atoms with Crippen LogP contribution in [0.2, 0.25) is 0 Å². The van der Waals surface area contributed by atoms with Crippen molar-refractivity contribution >= 4 is 21.4 Å². The fourth-order valence-corrected chi connectivity index (χ4v) is 4.77. The van der Waals surface area contributed by atoms with Crippen LogP contribution in [0, 0.1) is 5.92 Å². The second kappa shape index (κ2) is 7.69. The van der Waals surface area contributed by atoms with Gasteiger partial charge in [-0.2, -0.15) is 13.2 Å². The highest BCUT2D eigenvalue weighted by Crippen LogP contribution is 2.37. The number of hydrogen-bond donors (Lipinski definition) is 0. The van der Waals surface area contributed by atoms with Gasteiger partial charge in [0.1, 0.15) is 0 Å². The van der Waals surface area contributed by atoms with Crippen LogP contribution in [0.25, 0.3) is 0 Å². The van der Waals surface area contributed by atoms with Crippen molar-refractivity contribution in [3.63, 3.8) is 0 Å². The summed E-state index contributed by atoms with van der Waals surface area (Å²) in [7, 11) is -5.39. The third kappa shape index (κ3) is 4.23. The van der Waals surface area contributed by atoms with E-state index < -0.39 is 20.2 Å². The lowest BCUT2D eigenvalue weighted by molar-refractivity contribution is -0.134. The van der Waals surface area contributed by atoms with E-state index in [1.165, 1.54) is 12.1 Å². The summed E-state index contributed by atoms with van der Waals surface area (Å²) in [5, 5.41) is 0. The van der Waals surface area contributed by atoms with Crippen LogP contribution in [-0.4, -0.2) is 50.9 Å². The third-order valence-corrected chi connectivity index (χ3v) is 6.85. The fraction of sp³-hybridized carbons (Fsp3) is 0.611. The molecule has 0 unspecified atom stereocenters. The second-order valence-electron chi connectivity index (χ2n) is 7.14. The predicted octanol–water partition coefficient (Wildman–Crippen LogP) is 3.21. The maximum absolute atomic E-state index is 13.0. The Morgan fingerprint density at radius 1 is 1.04 bits per heavy atom. The second-order valence-corrected chi connectivity index (χ2v) is 9.05. The molecule has 9 heteroatoms. The van der Waals surface area contributed by atoms with Gasteiger partial charge in [0.05, 0.1) is 10.6 Å². The maximum atomic E-state index is 13.0. The number of para-hydroxylation sites is 1. The number of hydrogen-bond acceptors (Lipinski definition) is 4. The molecule has 1 amide bonds. The monoisotopic (exact) mass is 404 g/mol. The highest BCUT2D eigenvalue weighted by atomic mass is 32.2. The van der Waals surface area contributed by atoms with Crippen molar-refractivity contribution in [1.82, 2.24) is 4.90 Å². The van der Waals surface area contributed by atoms with Gasteiger partial charge in [0.15, 0.2) is 0 Å². The van der Waals surface area contributed by atoms with E-state index >= 15 is 0 Å². The Morgan fingerprint density at radius 3 is 2.33 bits per heavy atom. The van der Waals surface area contributed by atoms with Crippen molar-refractivity contribution in [2.24, 2.45) is 5.92 Å². The van der Waals surface area contributed by atoms with Gasteiger partial charge in [-0.25, -0.2) is 8.42 Å². The summed E-state index contributed by atoms with van der Waals surface area (Å²) in [6, 6.07) is 5.28. The van der Waals surface area contributed by atoms with Crippen molar-refractivity contribution in [3.05, 3.63) is 24.3 Å². The van der Waals surface area contributed by atoms with Crippen LogP contribution < -0.4 is 4.90 Å². The third-order valence-electron chi connectivity index (χ3n) is 5.31. The highest BCUT2D eigenvalue weighted by molar-refractivity contribution is 7.92. The number of benzene rings is 1. The first kappa shape index (κ1) is 20.0. The standard InChI is InChI=1S/C18H23F3N2O3S/c19-18(20,21)27(25,26)16-6-2-1-5-15(16)22-11-8-14(9-12-22)13-23-10-4-3-7-17(23)24/h1-2,5-6,14H,3-4,7-13H2. The van der Waals surface area contributed by atoms with Gasteiger partial charge >= 0.3 is 5.51 Å². The first-order valence-electron chi connectivity index (χ1n) is 9.13. The molecule has 150 valence electrons. The van der Waals surface area contributed by atoms with Gasteiger partial charge in [-0.1, -0.05) is 12.1 Å². The Morgan fingerprint density at radius 2 is 1.70 bits per heavy atom. The van der Waals surface area contributed by atoms with E-state index in [9.17, 15) is 26.4 Å². The van der Waals surface area contributed by atoms with E-state index in [4.69, 9.17) is 0 Å². The van der Waals surface area contributed by atoms with Gasteiger partial charge < -0.3 is 9.80 Å². The van der Waals surface area contributed by atoms with Crippen LogP contribution in [0.3, 0.4) is 0 Å². The summed E-state index contributed by atoms with van der Waals surface area (Å²) in [4.78, 5) is 14.8. The topological polar surface area (TPSA) is 57.7 Å². The number of amides is 1. The summed E-state index contributed by atoms with van der Waals surface area (Å²) in [5.74, 6) is 0.458. The Labute approximate surface area is 157 Å². The summed E-state index contributed by atoms with van der Waals surface area (Å²) in [5.41, 5.74) is -5.22. The van der Waals surface area contributed by atoms with E-state index in [1.807, 2.05) is 4.90 Å². The van der Waals surface area contributed by atoms with E-state index in [-0.39, 0.29) is 17.5 Å². The number of anilines is 1. The van der Waals surface area contributed by atoms with E-state index in [2.05, 4.69) is 0 Å². The Balaban J connectivity index is 1.69. The molecule has 5 nitrogen and oxygen atoms in total. The number of carbonyl (C=O) groups is 1. The van der Waals surface area contributed by atoms with Crippen molar-refractivity contribution in [2.45, 2.75) is 42.5 Å². The fourth-order valence-electron chi connectivity index (χ4n) is 3.79. The molecule has 0 spiro atoms. The SMILES string of the molecule is O=C1CCCCN1CC1CCN(c2ccccc2S(=O)(=O)C(F)(F)F)CC1. The molecule has 1 aromatic carbocycles. The molecule has 0 aliphatic carbocycles.